The summed E-state index contributed by atoms with van der Waals surface area (Å²) in [4.78, 5) is 12.5. The molecule has 1 aromatic carbocycles. The number of benzene rings is 1. The molecule has 22 heavy (non-hydrogen) atoms. The van der Waals surface area contributed by atoms with Crippen molar-refractivity contribution in [2.45, 2.75) is 52.0 Å². The number of carbonyl (C=O) groups is 1. The Bertz CT molecular complexity index is 529. The van der Waals surface area contributed by atoms with Crippen LogP contribution in [0.3, 0.4) is 0 Å². The molecular formula is C19H28N2O. The maximum Gasteiger partial charge on any atom is 0.224 e. The van der Waals surface area contributed by atoms with Crippen LogP contribution < -0.4 is 10.6 Å². The Kier molecular flexibility index (Phi) is 4.26. The second-order valence-corrected chi connectivity index (χ2v) is 7.42. The van der Waals surface area contributed by atoms with Crippen molar-refractivity contribution in [3.63, 3.8) is 0 Å². The monoisotopic (exact) mass is 300 g/mol. The van der Waals surface area contributed by atoms with E-state index in [0.717, 1.165) is 32.4 Å². The molecule has 2 fully saturated rings. The summed E-state index contributed by atoms with van der Waals surface area (Å²) in [5.74, 6) is 1.04. The van der Waals surface area contributed by atoms with Gasteiger partial charge in [0.25, 0.3) is 0 Å². The molecular weight excluding hydrogens is 272 g/mol. The van der Waals surface area contributed by atoms with Crippen LogP contribution in [-0.2, 0) is 4.79 Å². The van der Waals surface area contributed by atoms with Crippen molar-refractivity contribution in [3.8, 4) is 0 Å². The molecule has 1 aliphatic carbocycles. The van der Waals surface area contributed by atoms with Gasteiger partial charge in [-0.1, -0.05) is 38.1 Å². The largest absolute Gasteiger partial charge is 0.349 e. The van der Waals surface area contributed by atoms with Crippen LogP contribution >= 0.6 is 0 Å². The van der Waals surface area contributed by atoms with Crippen molar-refractivity contribution >= 4 is 5.91 Å². The number of nitrogens with one attached hydrogen (secondary N) is 2. The van der Waals surface area contributed by atoms with Gasteiger partial charge in [-0.25, -0.2) is 0 Å². The zero-order chi connectivity index (χ0) is 15.7. The van der Waals surface area contributed by atoms with Gasteiger partial charge in [0.1, 0.15) is 0 Å². The quantitative estimate of drug-likeness (QED) is 0.895. The van der Waals surface area contributed by atoms with Gasteiger partial charge < -0.3 is 10.6 Å². The van der Waals surface area contributed by atoms with E-state index in [-0.39, 0.29) is 17.9 Å². The molecule has 1 saturated heterocycles. The van der Waals surface area contributed by atoms with Crippen LogP contribution in [0.2, 0.25) is 0 Å². The number of rotatable bonds is 4. The molecule has 1 saturated carbocycles. The molecule has 1 heterocycles. The lowest BCUT2D eigenvalue weighted by Gasteiger charge is -2.24. The molecule has 2 unspecified atom stereocenters. The molecule has 1 aliphatic heterocycles. The number of hydrogen-bond acceptors (Lipinski definition) is 2. The number of amides is 1. The van der Waals surface area contributed by atoms with E-state index in [2.05, 4.69) is 55.7 Å². The Hall–Kier alpha value is -1.35. The molecule has 2 atom stereocenters. The van der Waals surface area contributed by atoms with E-state index in [1.165, 1.54) is 11.1 Å². The molecule has 1 aromatic rings. The Labute approximate surface area is 133 Å². The number of hydrogen-bond donors (Lipinski definition) is 2. The molecule has 1 spiro atoms. The van der Waals surface area contributed by atoms with Crippen LogP contribution in [0.4, 0.5) is 0 Å². The van der Waals surface area contributed by atoms with Crippen LogP contribution in [0.5, 0.6) is 0 Å². The average Bonchev–Trinajstić information content (AvgIpc) is 3.21. The minimum absolute atomic E-state index is 0.0908. The van der Waals surface area contributed by atoms with Gasteiger partial charge in [0.05, 0.1) is 6.04 Å². The van der Waals surface area contributed by atoms with Crippen LogP contribution in [0, 0.1) is 11.3 Å². The van der Waals surface area contributed by atoms with Gasteiger partial charge in [0, 0.05) is 5.92 Å². The molecule has 2 N–H and O–H groups in total. The average molecular weight is 300 g/mol. The van der Waals surface area contributed by atoms with Crippen molar-refractivity contribution in [1.29, 1.82) is 0 Å². The maximum absolute atomic E-state index is 12.5. The highest BCUT2D eigenvalue weighted by molar-refractivity contribution is 5.83. The lowest BCUT2D eigenvalue weighted by atomic mass is 9.91. The fourth-order valence-corrected chi connectivity index (χ4v) is 3.76. The van der Waals surface area contributed by atoms with E-state index in [1.54, 1.807) is 0 Å². The molecule has 0 bridgehead atoms. The van der Waals surface area contributed by atoms with E-state index in [1.807, 2.05) is 0 Å². The predicted molar refractivity (Wildman–Crippen MR) is 89.7 cm³/mol. The zero-order valence-corrected chi connectivity index (χ0v) is 14.0. The Balaban J connectivity index is 1.57. The van der Waals surface area contributed by atoms with Gasteiger partial charge in [-0.2, -0.15) is 0 Å². The minimum Gasteiger partial charge on any atom is -0.349 e. The molecule has 3 nitrogen and oxygen atoms in total. The predicted octanol–water partition coefficient (Wildman–Crippen LogP) is 3.38. The smallest absolute Gasteiger partial charge is 0.224 e. The van der Waals surface area contributed by atoms with Crippen LogP contribution in [0.1, 0.15) is 63.1 Å². The third-order valence-electron chi connectivity index (χ3n) is 5.57. The first-order valence-electron chi connectivity index (χ1n) is 8.63. The van der Waals surface area contributed by atoms with E-state index in [4.69, 9.17) is 0 Å². The molecule has 0 aromatic heterocycles. The molecule has 120 valence electrons. The third kappa shape index (κ3) is 3.05. The number of carbonyl (C=O) groups excluding carboxylic acids is 1. The third-order valence-corrected chi connectivity index (χ3v) is 5.57. The summed E-state index contributed by atoms with van der Waals surface area (Å²) in [6, 6.07) is 8.73. The van der Waals surface area contributed by atoms with E-state index in [9.17, 15) is 4.79 Å². The van der Waals surface area contributed by atoms with Gasteiger partial charge in [0.2, 0.25) is 5.91 Å². The molecule has 2 aliphatic rings. The van der Waals surface area contributed by atoms with Crippen LogP contribution in [0.25, 0.3) is 0 Å². The van der Waals surface area contributed by atoms with Crippen molar-refractivity contribution in [2.24, 2.45) is 11.3 Å². The second-order valence-electron chi connectivity index (χ2n) is 7.42. The first-order chi connectivity index (χ1) is 10.5. The normalized spacial score (nSPS) is 24.3. The van der Waals surface area contributed by atoms with Gasteiger partial charge >= 0.3 is 0 Å². The van der Waals surface area contributed by atoms with Gasteiger partial charge in [-0.15, -0.1) is 0 Å². The van der Waals surface area contributed by atoms with Crippen LogP contribution in [0.15, 0.2) is 24.3 Å². The lowest BCUT2D eigenvalue weighted by molar-refractivity contribution is -0.123. The van der Waals surface area contributed by atoms with Crippen LogP contribution in [-0.4, -0.2) is 19.0 Å². The van der Waals surface area contributed by atoms with E-state index in [0.29, 0.717) is 11.3 Å². The summed E-state index contributed by atoms with van der Waals surface area (Å²) in [5, 5.41) is 6.61. The topological polar surface area (TPSA) is 41.1 Å². The highest BCUT2D eigenvalue weighted by Gasteiger charge is 2.57. The van der Waals surface area contributed by atoms with E-state index >= 15 is 0 Å². The summed E-state index contributed by atoms with van der Waals surface area (Å²) in [7, 11) is 0. The SMILES string of the molecule is CC(C)c1ccc(C(C)NC(=O)C2CC23CCNCC3)cc1. The summed E-state index contributed by atoms with van der Waals surface area (Å²) < 4.78 is 0. The first kappa shape index (κ1) is 15.5. The first-order valence-corrected chi connectivity index (χ1v) is 8.63. The van der Waals surface area contributed by atoms with E-state index < -0.39 is 0 Å². The molecule has 3 rings (SSSR count). The lowest BCUT2D eigenvalue weighted by Crippen LogP contribution is -2.34. The van der Waals surface area contributed by atoms with Crippen molar-refractivity contribution < 1.29 is 4.79 Å². The van der Waals surface area contributed by atoms with Crippen molar-refractivity contribution in [1.82, 2.24) is 10.6 Å². The van der Waals surface area contributed by atoms with Crippen molar-refractivity contribution in [3.05, 3.63) is 35.4 Å². The van der Waals surface area contributed by atoms with Gasteiger partial charge in [-0.05, 0) is 61.7 Å². The number of piperidine rings is 1. The maximum atomic E-state index is 12.5. The zero-order valence-electron chi connectivity index (χ0n) is 14.0. The molecule has 3 heteroatoms. The molecule has 0 radical (unpaired) electrons. The fourth-order valence-electron chi connectivity index (χ4n) is 3.76. The highest BCUT2D eigenvalue weighted by atomic mass is 16.2. The summed E-state index contributed by atoms with van der Waals surface area (Å²) in [5.41, 5.74) is 2.85. The summed E-state index contributed by atoms with van der Waals surface area (Å²) >= 11 is 0. The fraction of sp³-hybridized carbons (Fsp3) is 0.632. The molecule has 1 amide bonds. The van der Waals surface area contributed by atoms with Gasteiger partial charge in [-0.3, -0.25) is 4.79 Å². The summed E-state index contributed by atoms with van der Waals surface area (Å²) in [6.45, 7) is 8.61. The second kappa shape index (κ2) is 6.04. The van der Waals surface area contributed by atoms with Crippen molar-refractivity contribution in [2.75, 3.05) is 13.1 Å². The minimum atomic E-state index is 0.0908. The standard InChI is InChI=1S/C19H28N2O/c1-13(2)15-4-6-16(7-5-15)14(3)21-18(22)17-12-19(17)8-10-20-11-9-19/h4-7,13-14,17,20H,8-12H2,1-3H3,(H,21,22). The summed E-state index contributed by atoms with van der Waals surface area (Å²) in [6.07, 6.45) is 3.39. The Morgan fingerprint density at radius 1 is 1.14 bits per heavy atom. The van der Waals surface area contributed by atoms with Gasteiger partial charge in [0.15, 0.2) is 0 Å². The Morgan fingerprint density at radius 3 is 2.32 bits per heavy atom. The highest BCUT2D eigenvalue weighted by Crippen LogP contribution is 2.58. The Morgan fingerprint density at radius 2 is 1.73 bits per heavy atom.